The van der Waals surface area contributed by atoms with Crippen molar-refractivity contribution in [2.24, 2.45) is 11.8 Å². The Labute approximate surface area is 380 Å². The fraction of sp³-hybridized carbons (Fsp3) is 0.945. The second kappa shape index (κ2) is 47.9. The van der Waals surface area contributed by atoms with E-state index in [1.807, 2.05) is 0 Å². The van der Waals surface area contributed by atoms with Crippen LogP contribution in [0.3, 0.4) is 0 Å². The Balaban J connectivity index is 4.28. The van der Waals surface area contributed by atoms with Gasteiger partial charge in [-0.25, -0.2) is 0 Å². The molecular formula is C55H106O6. The Morgan fingerprint density at radius 1 is 0.344 bits per heavy atom. The van der Waals surface area contributed by atoms with E-state index in [2.05, 4.69) is 34.6 Å². The molecule has 0 saturated heterocycles. The third-order valence-corrected chi connectivity index (χ3v) is 12.8. The number of rotatable bonds is 49. The van der Waals surface area contributed by atoms with Crippen molar-refractivity contribution in [2.45, 2.75) is 310 Å². The van der Waals surface area contributed by atoms with Gasteiger partial charge >= 0.3 is 17.9 Å². The molecule has 0 fully saturated rings. The molecule has 362 valence electrons. The highest BCUT2D eigenvalue weighted by Gasteiger charge is 2.19. The minimum atomic E-state index is -0.762. The van der Waals surface area contributed by atoms with Crippen molar-refractivity contribution in [3.05, 3.63) is 0 Å². The smallest absolute Gasteiger partial charge is 0.306 e. The van der Waals surface area contributed by atoms with E-state index in [1.54, 1.807) is 0 Å². The summed E-state index contributed by atoms with van der Waals surface area (Å²) in [6.07, 6.45) is 49.5. The summed E-state index contributed by atoms with van der Waals surface area (Å²) < 4.78 is 16.8. The molecule has 0 rings (SSSR count). The Kier molecular flexibility index (Phi) is 46.6. The number of ether oxygens (including phenoxy) is 3. The van der Waals surface area contributed by atoms with Crippen molar-refractivity contribution >= 4 is 17.9 Å². The van der Waals surface area contributed by atoms with Crippen molar-refractivity contribution in [1.29, 1.82) is 0 Å². The second-order valence-corrected chi connectivity index (χ2v) is 19.6. The SMILES string of the molecule is CCCCCCCCCCCCCCCCCCC(=O)OC[C@@H](COC(=O)CCCCCCCCC(C)CC)OC(=O)CCCCCCCCCCCCCCCCC(C)C. The molecule has 0 heterocycles. The summed E-state index contributed by atoms with van der Waals surface area (Å²) in [6.45, 7) is 11.4. The highest BCUT2D eigenvalue weighted by atomic mass is 16.6. The first-order valence-electron chi connectivity index (χ1n) is 27.3. The number of carbonyl (C=O) groups is 3. The monoisotopic (exact) mass is 863 g/mol. The van der Waals surface area contributed by atoms with E-state index in [0.717, 1.165) is 69.6 Å². The zero-order chi connectivity index (χ0) is 44.7. The molecule has 0 aliphatic rings. The molecule has 0 aliphatic carbocycles. The van der Waals surface area contributed by atoms with Gasteiger partial charge in [0.25, 0.3) is 0 Å². The van der Waals surface area contributed by atoms with E-state index in [4.69, 9.17) is 14.2 Å². The quantitative estimate of drug-likeness (QED) is 0.0344. The van der Waals surface area contributed by atoms with E-state index in [0.29, 0.717) is 19.3 Å². The van der Waals surface area contributed by atoms with Crippen molar-refractivity contribution in [3.63, 3.8) is 0 Å². The largest absolute Gasteiger partial charge is 0.462 e. The number of hydrogen-bond donors (Lipinski definition) is 0. The number of esters is 3. The first-order valence-corrected chi connectivity index (χ1v) is 27.3. The van der Waals surface area contributed by atoms with Crippen LogP contribution in [0.5, 0.6) is 0 Å². The fourth-order valence-corrected chi connectivity index (χ4v) is 8.31. The third kappa shape index (κ3) is 47.7. The lowest BCUT2D eigenvalue weighted by Crippen LogP contribution is -2.30. The van der Waals surface area contributed by atoms with Gasteiger partial charge in [0.05, 0.1) is 0 Å². The molecule has 0 N–H and O–H groups in total. The third-order valence-electron chi connectivity index (χ3n) is 12.8. The molecule has 0 radical (unpaired) electrons. The summed E-state index contributed by atoms with van der Waals surface area (Å²) in [5.74, 6) is 0.810. The summed E-state index contributed by atoms with van der Waals surface area (Å²) in [5.41, 5.74) is 0. The van der Waals surface area contributed by atoms with Crippen LogP contribution < -0.4 is 0 Å². The van der Waals surface area contributed by atoms with Crippen LogP contribution in [0.15, 0.2) is 0 Å². The van der Waals surface area contributed by atoms with Gasteiger partial charge in [-0.1, -0.05) is 266 Å². The second-order valence-electron chi connectivity index (χ2n) is 19.6. The van der Waals surface area contributed by atoms with E-state index >= 15 is 0 Å². The van der Waals surface area contributed by atoms with Gasteiger partial charge in [-0.15, -0.1) is 0 Å². The number of hydrogen-bond acceptors (Lipinski definition) is 6. The van der Waals surface area contributed by atoms with Gasteiger partial charge in [-0.05, 0) is 31.1 Å². The summed E-state index contributed by atoms with van der Waals surface area (Å²) in [7, 11) is 0. The molecule has 0 aromatic carbocycles. The molecular weight excluding hydrogens is 757 g/mol. The van der Waals surface area contributed by atoms with Crippen LogP contribution in [0.1, 0.15) is 304 Å². The van der Waals surface area contributed by atoms with Crippen LogP contribution in [0, 0.1) is 11.8 Å². The Morgan fingerprint density at radius 2 is 0.623 bits per heavy atom. The molecule has 6 heteroatoms. The lowest BCUT2D eigenvalue weighted by atomic mass is 10.00. The lowest BCUT2D eigenvalue weighted by Gasteiger charge is -2.18. The Hall–Kier alpha value is -1.59. The highest BCUT2D eigenvalue weighted by molar-refractivity contribution is 5.71. The summed E-state index contributed by atoms with van der Waals surface area (Å²) in [6, 6.07) is 0. The van der Waals surface area contributed by atoms with Crippen molar-refractivity contribution in [2.75, 3.05) is 13.2 Å². The predicted octanol–water partition coefficient (Wildman–Crippen LogP) is 17.7. The normalized spacial score (nSPS) is 12.5. The van der Waals surface area contributed by atoms with Crippen molar-refractivity contribution in [1.82, 2.24) is 0 Å². The van der Waals surface area contributed by atoms with Gasteiger partial charge in [0.2, 0.25) is 0 Å². The van der Waals surface area contributed by atoms with Gasteiger partial charge in [0.1, 0.15) is 13.2 Å². The zero-order valence-corrected chi connectivity index (χ0v) is 41.8. The molecule has 61 heavy (non-hydrogen) atoms. The van der Waals surface area contributed by atoms with Crippen LogP contribution >= 0.6 is 0 Å². The van der Waals surface area contributed by atoms with Crippen LogP contribution in [-0.2, 0) is 28.6 Å². The summed E-state index contributed by atoms with van der Waals surface area (Å²) in [5, 5.41) is 0. The van der Waals surface area contributed by atoms with E-state index in [9.17, 15) is 14.4 Å². The molecule has 0 aromatic rings. The van der Waals surface area contributed by atoms with E-state index < -0.39 is 6.10 Å². The first kappa shape index (κ1) is 59.4. The average molecular weight is 863 g/mol. The van der Waals surface area contributed by atoms with Crippen LogP contribution in [-0.4, -0.2) is 37.2 Å². The Morgan fingerprint density at radius 3 is 0.934 bits per heavy atom. The van der Waals surface area contributed by atoms with E-state index in [1.165, 1.54) is 193 Å². The minimum Gasteiger partial charge on any atom is -0.462 e. The highest BCUT2D eigenvalue weighted by Crippen LogP contribution is 2.18. The Bertz CT molecular complexity index is 933. The maximum atomic E-state index is 12.8. The topological polar surface area (TPSA) is 78.9 Å². The number of unbranched alkanes of at least 4 members (excludes halogenated alkanes) is 33. The first-order chi connectivity index (χ1) is 29.8. The van der Waals surface area contributed by atoms with Crippen molar-refractivity contribution < 1.29 is 28.6 Å². The number of carbonyl (C=O) groups excluding carboxylic acids is 3. The van der Waals surface area contributed by atoms with Crippen LogP contribution in [0.25, 0.3) is 0 Å². The fourth-order valence-electron chi connectivity index (χ4n) is 8.31. The molecule has 0 saturated carbocycles. The van der Waals surface area contributed by atoms with Crippen LogP contribution in [0.2, 0.25) is 0 Å². The lowest BCUT2D eigenvalue weighted by molar-refractivity contribution is -0.167. The molecule has 6 nitrogen and oxygen atoms in total. The van der Waals surface area contributed by atoms with Crippen molar-refractivity contribution in [3.8, 4) is 0 Å². The standard InChI is InChI=1S/C55H106O6/c1-6-8-9-10-11-12-13-14-15-16-20-23-26-29-35-40-45-53(56)59-48-52(49-60-54(57)46-41-36-32-31-34-39-44-51(5)7-2)61-55(58)47-42-37-30-27-24-21-18-17-19-22-25-28-33-38-43-50(3)4/h50-52H,6-49H2,1-5H3/t51?,52-/m0/s1. The molecule has 0 spiro atoms. The predicted molar refractivity (Wildman–Crippen MR) is 261 cm³/mol. The molecule has 0 bridgehead atoms. The molecule has 1 unspecified atom stereocenters. The molecule has 0 amide bonds. The summed E-state index contributed by atoms with van der Waals surface area (Å²) in [4.78, 5) is 38.0. The van der Waals surface area contributed by atoms with Gasteiger partial charge in [0.15, 0.2) is 6.10 Å². The summed E-state index contributed by atoms with van der Waals surface area (Å²) >= 11 is 0. The molecule has 2 atom stereocenters. The van der Waals surface area contributed by atoms with Gasteiger partial charge in [-0.2, -0.15) is 0 Å². The maximum absolute atomic E-state index is 12.8. The zero-order valence-electron chi connectivity index (χ0n) is 41.8. The van der Waals surface area contributed by atoms with Gasteiger partial charge < -0.3 is 14.2 Å². The molecule has 0 aromatic heterocycles. The minimum absolute atomic E-state index is 0.0638. The average Bonchev–Trinajstić information content (AvgIpc) is 3.24. The molecule has 0 aliphatic heterocycles. The van der Waals surface area contributed by atoms with E-state index in [-0.39, 0.29) is 31.1 Å². The van der Waals surface area contributed by atoms with Crippen LogP contribution in [0.4, 0.5) is 0 Å². The van der Waals surface area contributed by atoms with Gasteiger partial charge in [-0.3, -0.25) is 14.4 Å². The van der Waals surface area contributed by atoms with Gasteiger partial charge in [0, 0.05) is 19.3 Å². The maximum Gasteiger partial charge on any atom is 0.306 e.